The molecule has 0 fully saturated rings. The first kappa shape index (κ1) is 33.0. The van der Waals surface area contributed by atoms with Crippen LogP contribution in [0.15, 0.2) is 48.5 Å². The first-order chi connectivity index (χ1) is 20.2. The molecule has 1 N–H and O–H groups in total. The van der Waals surface area contributed by atoms with Crippen molar-refractivity contribution in [3.05, 3.63) is 59.7 Å². The number of hydrogen-bond acceptors (Lipinski definition) is 8. The Labute approximate surface area is 244 Å². The van der Waals surface area contributed by atoms with Crippen LogP contribution in [0.25, 0.3) is 11.1 Å². The van der Waals surface area contributed by atoms with Gasteiger partial charge in [0, 0.05) is 19.1 Å². The second-order valence-electron chi connectivity index (χ2n) is 9.90. The third-order valence-electron chi connectivity index (χ3n) is 6.82. The van der Waals surface area contributed by atoms with Crippen LogP contribution >= 0.6 is 0 Å². The van der Waals surface area contributed by atoms with Crippen LogP contribution in [0.1, 0.15) is 37.3 Å². The molecule has 0 saturated carbocycles. The molecule has 0 saturated heterocycles. The van der Waals surface area contributed by atoms with E-state index in [1.807, 2.05) is 24.3 Å². The van der Waals surface area contributed by atoms with E-state index in [1.165, 1.54) is 22.3 Å². The zero-order valence-electron chi connectivity index (χ0n) is 24.6. The highest BCUT2D eigenvalue weighted by Crippen LogP contribution is 2.44. The van der Waals surface area contributed by atoms with Crippen molar-refractivity contribution in [2.45, 2.75) is 26.2 Å². The van der Waals surface area contributed by atoms with E-state index in [4.69, 9.17) is 33.2 Å². The number of benzene rings is 2. The standard InChI is InChI=1S/C32H47NO8/c1-3-26(2)24-40-23-22-39-21-20-38-19-18-37-17-16-36-15-14-35-13-12-33-32(34)41-25-31-29-10-6-4-8-27(29)28-9-5-7-11-30(28)31/h4-11,26,31H,3,12-25H2,1-2H3,(H,33,34). The summed E-state index contributed by atoms with van der Waals surface area (Å²) in [5.41, 5.74) is 4.80. The van der Waals surface area contributed by atoms with Gasteiger partial charge in [-0.25, -0.2) is 4.79 Å². The SMILES string of the molecule is CCC(C)COCCOCCOCCOCCOCCOCCNC(=O)OCC1c2ccccc2-c2ccccc21. The van der Waals surface area contributed by atoms with E-state index in [0.717, 1.165) is 13.0 Å². The van der Waals surface area contributed by atoms with Gasteiger partial charge in [0.05, 0.1) is 72.7 Å². The largest absolute Gasteiger partial charge is 0.449 e. The fourth-order valence-corrected chi connectivity index (χ4v) is 4.38. The molecule has 1 aliphatic carbocycles. The summed E-state index contributed by atoms with van der Waals surface area (Å²) in [6, 6.07) is 16.5. The van der Waals surface area contributed by atoms with E-state index in [0.29, 0.717) is 91.7 Å². The summed E-state index contributed by atoms with van der Waals surface area (Å²) in [6.07, 6.45) is 0.687. The lowest BCUT2D eigenvalue weighted by Gasteiger charge is -2.14. The molecule has 0 bridgehead atoms. The van der Waals surface area contributed by atoms with Crippen molar-refractivity contribution in [1.29, 1.82) is 0 Å². The Morgan fingerprint density at radius 2 is 1.12 bits per heavy atom. The molecule has 0 aliphatic heterocycles. The van der Waals surface area contributed by atoms with Gasteiger partial charge in [0.15, 0.2) is 0 Å². The quantitative estimate of drug-likeness (QED) is 0.192. The van der Waals surface area contributed by atoms with E-state index in [-0.39, 0.29) is 5.92 Å². The molecule has 9 nitrogen and oxygen atoms in total. The van der Waals surface area contributed by atoms with E-state index < -0.39 is 6.09 Å². The van der Waals surface area contributed by atoms with Gasteiger partial charge in [0.2, 0.25) is 0 Å². The molecule has 0 radical (unpaired) electrons. The summed E-state index contributed by atoms with van der Waals surface area (Å²) >= 11 is 0. The van der Waals surface area contributed by atoms with Crippen molar-refractivity contribution < 1.29 is 38.0 Å². The third kappa shape index (κ3) is 12.5. The van der Waals surface area contributed by atoms with Crippen molar-refractivity contribution in [3.63, 3.8) is 0 Å². The summed E-state index contributed by atoms with van der Waals surface area (Å²) in [7, 11) is 0. The molecular formula is C32H47NO8. The van der Waals surface area contributed by atoms with Crippen LogP contribution in [0.4, 0.5) is 4.79 Å². The van der Waals surface area contributed by atoms with Gasteiger partial charge in [-0.15, -0.1) is 0 Å². The number of nitrogens with one attached hydrogen (secondary N) is 1. The fourth-order valence-electron chi connectivity index (χ4n) is 4.38. The number of hydrogen-bond donors (Lipinski definition) is 1. The Hall–Kier alpha value is -2.53. The number of alkyl carbamates (subject to hydrolysis) is 1. The molecule has 0 spiro atoms. The van der Waals surface area contributed by atoms with Crippen molar-refractivity contribution in [2.24, 2.45) is 5.92 Å². The average Bonchev–Trinajstić information content (AvgIpc) is 3.32. The van der Waals surface area contributed by atoms with Gasteiger partial charge in [-0.3, -0.25) is 0 Å². The lowest BCUT2D eigenvalue weighted by Crippen LogP contribution is -2.29. The lowest BCUT2D eigenvalue weighted by atomic mass is 9.98. The smallest absolute Gasteiger partial charge is 0.407 e. The first-order valence-corrected chi connectivity index (χ1v) is 14.8. The third-order valence-corrected chi connectivity index (χ3v) is 6.82. The minimum absolute atomic E-state index is 0.0486. The predicted octanol–water partition coefficient (Wildman–Crippen LogP) is 4.67. The Morgan fingerprint density at radius 1 is 0.683 bits per heavy atom. The van der Waals surface area contributed by atoms with Gasteiger partial charge in [0.25, 0.3) is 0 Å². The van der Waals surface area contributed by atoms with Crippen LogP contribution in [0.2, 0.25) is 0 Å². The van der Waals surface area contributed by atoms with Crippen molar-refractivity contribution in [1.82, 2.24) is 5.32 Å². The molecule has 1 amide bonds. The van der Waals surface area contributed by atoms with Crippen molar-refractivity contribution >= 4 is 6.09 Å². The van der Waals surface area contributed by atoms with Crippen LogP contribution in [0.3, 0.4) is 0 Å². The second kappa shape index (κ2) is 20.4. The van der Waals surface area contributed by atoms with Gasteiger partial charge in [-0.05, 0) is 28.2 Å². The van der Waals surface area contributed by atoms with E-state index in [9.17, 15) is 4.79 Å². The molecule has 3 rings (SSSR count). The maximum Gasteiger partial charge on any atom is 0.407 e. The van der Waals surface area contributed by atoms with Gasteiger partial charge in [-0.2, -0.15) is 0 Å². The molecule has 228 valence electrons. The van der Waals surface area contributed by atoms with E-state index in [1.54, 1.807) is 0 Å². The van der Waals surface area contributed by atoms with Crippen LogP contribution in [-0.2, 0) is 33.2 Å². The summed E-state index contributed by atoms with van der Waals surface area (Å²) in [5, 5.41) is 2.74. The minimum Gasteiger partial charge on any atom is -0.449 e. The first-order valence-electron chi connectivity index (χ1n) is 14.8. The Balaban J connectivity index is 1.06. The lowest BCUT2D eigenvalue weighted by molar-refractivity contribution is -0.0180. The maximum absolute atomic E-state index is 12.2. The van der Waals surface area contributed by atoms with Gasteiger partial charge < -0.3 is 38.5 Å². The number of ether oxygens (including phenoxy) is 7. The summed E-state index contributed by atoms with van der Waals surface area (Å²) < 4.78 is 38.5. The van der Waals surface area contributed by atoms with Crippen LogP contribution < -0.4 is 5.32 Å². The molecule has 0 aromatic heterocycles. The van der Waals surface area contributed by atoms with Crippen LogP contribution in [-0.4, -0.2) is 98.5 Å². The molecule has 1 unspecified atom stereocenters. The molecule has 2 aromatic carbocycles. The topological polar surface area (TPSA) is 93.7 Å². The molecule has 1 atom stereocenters. The molecule has 2 aromatic rings. The molecule has 9 heteroatoms. The second-order valence-corrected chi connectivity index (χ2v) is 9.90. The van der Waals surface area contributed by atoms with Crippen molar-refractivity contribution in [2.75, 3.05) is 92.4 Å². The van der Waals surface area contributed by atoms with E-state index in [2.05, 4.69) is 43.4 Å². The highest BCUT2D eigenvalue weighted by molar-refractivity contribution is 5.79. The number of carbonyl (C=O) groups excluding carboxylic acids is 1. The Kier molecular flexibility index (Phi) is 16.4. The number of carbonyl (C=O) groups is 1. The predicted molar refractivity (Wildman–Crippen MR) is 157 cm³/mol. The molecule has 41 heavy (non-hydrogen) atoms. The molecule has 1 aliphatic rings. The zero-order chi connectivity index (χ0) is 29.0. The van der Waals surface area contributed by atoms with Gasteiger partial charge in [0.1, 0.15) is 6.61 Å². The number of rotatable bonds is 23. The summed E-state index contributed by atoms with van der Waals surface area (Å²) in [4.78, 5) is 12.2. The maximum atomic E-state index is 12.2. The number of fused-ring (bicyclic) bond motifs is 3. The highest BCUT2D eigenvalue weighted by atomic mass is 16.6. The summed E-state index contributed by atoms with van der Waals surface area (Å²) in [5.74, 6) is 0.642. The zero-order valence-corrected chi connectivity index (χ0v) is 24.6. The summed E-state index contributed by atoms with van der Waals surface area (Å²) in [6.45, 7) is 11.4. The van der Waals surface area contributed by atoms with Crippen molar-refractivity contribution in [3.8, 4) is 11.1 Å². The van der Waals surface area contributed by atoms with Gasteiger partial charge in [-0.1, -0.05) is 68.8 Å². The number of amides is 1. The van der Waals surface area contributed by atoms with E-state index >= 15 is 0 Å². The Bertz CT molecular complexity index is 942. The normalized spacial score (nSPS) is 13.1. The monoisotopic (exact) mass is 573 g/mol. The minimum atomic E-state index is -0.442. The van der Waals surface area contributed by atoms with Crippen LogP contribution in [0, 0.1) is 5.92 Å². The molecule has 0 heterocycles. The Morgan fingerprint density at radius 3 is 1.61 bits per heavy atom. The molecular weight excluding hydrogens is 526 g/mol. The van der Waals surface area contributed by atoms with Gasteiger partial charge >= 0.3 is 6.09 Å². The average molecular weight is 574 g/mol. The highest BCUT2D eigenvalue weighted by Gasteiger charge is 2.28. The fraction of sp³-hybridized carbons (Fsp3) is 0.594. The van der Waals surface area contributed by atoms with Crippen LogP contribution in [0.5, 0.6) is 0 Å².